The van der Waals surface area contributed by atoms with E-state index in [1.807, 2.05) is 25.1 Å². The van der Waals surface area contributed by atoms with Gasteiger partial charge in [-0.15, -0.1) is 0 Å². The van der Waals surface area contributed by atoms with Crippen molar-refractivity contribution in [2.45, 2.75) is 13.0 Å². The maximum absolute atomic E-state index is 13.4. The average Bonchev–Trinajstić information content (AvgIpc) is 3.22. The molecule has 1 unspecified atom stereocenters. The van der Waals surface area contributed by atoms with Crippen molar-refractivity contribution in [3.63, 3.8) is 0 Å². The Morgan fingerprint density at radius 2 is 1.81 bits per heavy atom. The Kier molecular flexibility index (Phi) is 6.50. The first-order valence-electron chi connectivity index (χ1n) is 11.4. The number of carbonyl (C=O) groups excluding carboxylic acids is 1. The highest BCUT2D eigenvalue weighted by molar-refractivity contribution is 6.39. The molecular weight excluding hydrogens is 511 g/mol. The molecule has 0 saturated heterocycles. The molecule has 37 heavy (non-hydrogen) atoms. The highest BCUT2D eigenvalue weighted by Crippen LogP contribution is 2.35. The molecule has 0 spiro atoms. The molecule has 3 aromatic carbocycles. The maximum atomic E-state index is 13.4. The Hall–Kier alpha value is -4.07. The molecule has 9 heteroatoms. The van der Waals surface area contributed by atoms with Crippen LogP contribution in [0.1, 0.15) is 27.7 Å². The normalized spacial score (nSPS) is 12.0. The van der Waals surface area contributed by atoms with Crippen LogP contribution in [0.15, 0.2) is 78.1 Å². The van der Waals surface area contributed by atoms with E-state index in [0.29, 0.717) is 54.7 Å². The first-order valence-corrected chi connectivity index (χ1v) is 12.2. The van der Waals surface area contributed by atoms with Crippen LogP contribution >= 0.6 is 23.2 Å². The summed E-state index contributed by atoms with van der Waals surface area (Å²) in [5.41, 5.74) is 3.06. The van der Waals surface area contributed by atoms with Crippen LogP contribution in [0, 0.1) is 6.92 Å². The number of rotatable bonds is 6. The summed E-state index contributed by atoms with van der Waals surface area (Å²) in [7, 11) is 1.80. The predicted molar refractivity (Wildman–Crippen MR) is 148 cm³/mol. The quantitative estimate of drug-likeness (QED) is 0.184. The molecule has 2 N–H and O–H groups in total. The summed E-state index contributed by atoms with van der Waals surface area (Å²) < 4.78 is 7.46. The number of nitrogens with one attached hydrogen (secondary N) is 2. The molecule has 5 aromatic rings. The van der Waals surface area contributed by atoms with Gasteiger partial charge in [0.1, 0.15) is 0 Å². The number of anilines is 2. The number of H-pyrrole nitrogens is 1. The van der Waals surface area contributed by atoms with Crippen molar-refractivity contribution in [1.82, 2.24) is 14.5 Å². The van der Waals surface area contributed by atoms with Crippen molar-refractivity contribution in [3.8, 4) is 0 Å². The number of aryl methyl sites for hydroxylation is 2. The maximum Gasteiger partial charge on any atom is 0.339 e. The van der Waals surface area contributed by atoms with Gasteiger partial charge in [-0.25, -0.2) is 9.78 Å². The molecular formula is C28H22Cl2N4O3. The monoisotopic (exact) mass is 532 g/mol. The topological polar surface area (TPSA) is 89.0 Å². The zero-order chi connectivity index (χ0) is 26.3. The Balaban J connectivity index is 1.60. The molecule has 1 atom stereocenters. The number of hydrogen-bond acceptors (Lipinski definition) is 5. The Morgan fingerprint density at radius 3 is 2.49 bits per heavy atom. The molecule has 186 valence electrons. The standard InChI is InChI=1S/C28H22Cl2N4O3/c1-4-21(37-27(36)16-9-6-5-7-10-16)23-15(2)17-13-14-20-25(22(17)26(35)32-23)34(3)28(31-20)33-24-18(29)11-8-12-19(24)30/h4-14,21H,1H2,2-3H3,(H,31,33)(H,32,35). The van der Waals surface area contributed by atoms with E-state index in [0.717, 1.165) is 5.56 Å². The summed E-state index contributed by atoms with van der Waals surface area (Å²) in [5, 5.41) is 5.24. The lowest BCUT2D eigenvalue weighted by Gasteiger charge is -2.18. The number of aromatic nitrogens is 3. The van der Waals surface area contributed by atoms with Gasteiger partial charge in [0.25, 0.3) is 5.56 Å². The van der Waals surface area contributed by atoms with Gasteiger partial charge in [-0.2, -0.15) is 0 Å². The highest BCUT2D eigenvalue weighted by Gasteiger charge is 2.22. The predicted octanol–water partition coefficient (Wildman–Crippen LogP) is 6.86. The number of ether oxygens (including phenoxy) is 1. The minimum atomic E-state index is -0.841. The number of pyridine rings is 1. The van der Waals surface area contributed by atoms with Gasteiger partial charge in [0.2, 0.25) is 5.95 Å². The number of aromatic amines is 1. The fraction of sp³-hybridized carbons (Fsp3) is 0.107. The van der Waals surface area contributed by atoms with E-state index >= 15 is 0 Å². The largest absolute Gasteiger partial charge is 0.448 e. The van der Waals surface area contributed by atoms with Crippen molar-refractivity contribution in [3.05, 3.63) is 111 Å². The van der Waals surface area contributed by atoms with Crippen molar-refractivity contribution < 1.29 is 9.53 Å². The Labute approximate surface area is 222 Å². The number of hydrogen-bond donors (Lipinski definition) is 2. The Morgan fingerprint density at radius 1 is 1.11 bits per heavy atom. The van der Waals surface area contributed by atoms with Gasteiger partial charge >= 0.3 is 5.97 Å². The zero-order valence-corrected chi connectivity index (χ0v) is 21.5. The summed E-state index contributed by atoms with van der Waals surface area (Å²) in [5.74, 6) is -0.0405. The van der Waals surface area contributed by atoms with E-state index in [9.17, 15) is 9.59 Å². The van der Waals surface area contributed by atoms with Crippen LogP contribution in [0.5, 0.6) is 0 Å². The molecule has 7 nitrogen and oxygen atoms in total. The van der Waals surface area contributed by atoms with Gasteiger partial charge in [0, 0.05) is 7.05 Å². The lowest BCUT2D eigenvalue weighted by Crippen LogP contribution is -2.18. The van der Waals surface area contributed by atoms with Crippen molar-refractivity contribution >= 4 is 62.6 Å². The fourth-order valence-electron chi connectivity index (χ4n) is 4.38. The second kappa shape index (κ2) is 9.76. The third-order valence-electron chi connectivity index (χ3n) is 6.26. The molecule has 0 radical (unpaired) electrons. The highest BCUT2D eigenvalue weighted by atomic mass is 35.5. The first-order chi connectivity index (χ1) is 17.8. The molecule has 0 saturated carbocycles. The molecule has 0 aliphatic rings. The number of para-hydroxylation sites is 1. The molecule has 0 bridgehead atoms. The van der Waals surface area contributed by atoms with Crippen LogP contribution in [0.4, 0.5) is 11.6 Å². The van der Waals surface area contributed by atoms with Gasteiger partial charge in [-0.1, -0.05) is 60.1 Å². The van der Waals surface area contributed by atoms with E-state index in [-0.39, 0.29) is 5.56 Å². The van der Waals surface area contributed by atoms with Crippen LogP contribution in [0.3, 0.4) is 0 Å². The molecule has 2 heterocycles. The van der Waals surface area contributed by atoms with E-state index in [2.05, 4.69) is 21.9 Å². The van der Waals surface area contributed by atoms with Gasteiger partial charge < -0.3 is 19.6 Å². The minimum Gasteiger partial charge on any atom is -0.448 e. The minimum absolute atomic E-state index is 0.339. The Bertz CT molecular complexity index is 1720. The molecule has 0 aliphatic heterocycles. The van der Waals surface area contributed by atoms with Crippen LogP contribution < -0.4 is 10.9 Å². The summed E-state index contributed by atoms with van der Waals surface area (Å²) >= 11 is 12.6. The van der Waals surface area contributed by atoms with Gasteiger partial charge in [-0.3, -0.25) is 4.79 Å². The summed E-state index contributed by atoms with van der Waals surface area (Å²) in [6.45, 7) is 5.68. The number of esters is 1. The smallest absolute Gasteiger partial charge is 0.339 e. The lowest BCUT2D eigenvalue weighted by atomic mass is 10.0. The lowest BCUT2D eigenvalue weighted by molar-refractivity contribution is 0.0384. The second-order valence-electron chi connectivity index (χ2n) is 8.49. The van der Waals surface area contributed by atoms with Crippen molar-refractivity contribution in [2.75, 3.05) is 5.32 Å². The third-order valence-corrected chi connectivity index (χ3v) is 6.89. The summed E-state index contributed by atoms with van der Waals surface area (Å²) in [4.78, 5) is 33.7. The number of carbonyl (C=O) groups is 1. The third kappa shape index (κ3) is 4.37. The van der Waals surface area contributed by atoms with Crippen LogP contribution in [0.25, 0.3) is 21.8 Å². The van der Waals surface area contributed by atoms with Crippen molar-refractivity contribution in [1.29, 1.82) is 0 Å². The number of benzene rings is 3. The summed E-state index contributed by atoms with van der Waals surface area (Å²) in [6, 6.07) is 17.5. The average molecular weight is 533 g/mol. The second-order valence-corrected chi connectivity index (χ2v) is 9.31. The van der Waals surface area contributed by atoms with Gasteiger partial charge in [-0.05, 0) is 54.3 Å². The zero-order valence-electron chi connectivity index (χ0n) is 20.0. The van der Waals surface area contributed by atoms with E-state index < -0.39 is 12.1 Å². The first kappa shape index (κ1) is 24.6. The fourth-order valence-corrected chi connectivity index (χ4v) is 4.87. The molecule has 2 aromatic heterocycles. The van der Waals surface area contributed by atoms with Crippen LogP contribution in [-0.2, 0) is 11.8 Å². The number of halogens is 2. The molecule has 0 aliphatic carbocycles. The van der Waals surface area contributed by atoms with Crippen LogP contribution in [-0.4, -0.2) is 20.5 Å². The number of imidazole rings is 1. The number of nitrogens with zero attached hydrogens (tertiary/aromatic N) is 2. The van der Waals surface area contributed by atoms with E-state index in [1.54, 1.807) is 54.1 Å². The molecule has 0 amide bonds. The van der Waals surface area contributed by atoms with Gasteiger partial charge in [0.15, 0.2) is 6.10 Å². The molecule has 0 fully saturated rings. The van der Waals surface area contributed by atoms with E-state index in [1.165, 1.54) is 6.08 Å². The SMILES string of the molecule is C=CC(OC(=O)c1ccccc1)c1[nH]c(=O)c2c(ccc3nc(Nc4c(Cl)cccc4Cl)n(C)c32)c1C. The molecule has 5 rings (SSSR count). The summed E-state index contributed by atoms with van der Waals surface area (Å²) in [6.07, 6.45) is 0.648. The van der Waals surface area contributed by atoms with E-state index in [4.69, 9.17) is 27.9 Å². The van der Waals surface area contributed by atoms with Crippen LogP contribution in [0.2, 0.25) is 10.0 Å². The van der Waals surface area contributed by atoms with Gasteiger partial charge in [0.05, 0.1) is 43.4 Å². The van der Waals surface area contributed by atoms with Crippen molar-refractivity contribution in [2.24, 2.45) is 7.05 Å². The number of fused-ring (bicyclic) bond motifs is 3.